The number of aliphatic hydroxyl groups is 2. The van der Waals surface area contributed by atoms with Crippen molar-refractivity contribution in [1.82, 2.24) is 9.78 Å². The van der Waals surface area contributed by atoms with Gasteiger partial charge in [0.05, 0.1) is 23.8 Å². The second-order valence-electron chi connectivity index (χ2n) is 13.3. The molecule has 0 saturated heterocycles. The third-order valence-corrected chi connectivity index (χ3v) is 12.4. The maximum Gasteiger partial charge on any atom is 0.356 e. The molecule has 5 aromatic carbocycles. The van der Waals surface area contributed by atoms with E-state index in [1.54, 1.807) is 0 Å². The molecule has 6 rings (SSSR count). The van der Waals surface area contributed by atoms with Crippen LogP contribution in [0, 0.1) is 0 Å². The zero-order valence-electron chi connectivity index (χ0n) is 33.6. The van der Waals surface area contributed by atoms with E-state index >= 15 is 0 Å². The van der Waals surface area contributed by atoms with Crippen molar-refractivity contribution in [3.05, 3.63) is 94.9 Å². The lowest BCUT2D eigenvalue weighted by atomic mass is 10.1. The second-order valence-corrected chi connectivity index (χ2v) is 18.8. The van der Waals surface area contributed by atoms with Gasteiger partial charge in [0.15, 0.2) is 17.1 Å². The van der Waals surface area contributed by atoms with E-state index in [0.29, 0.717) is 10.7 Å². The van der Waals surface area contributed by atoms with Crippen LogP contribution in [0.5, 0.6) is 17.2 Å². The number of carboxylic acids is 1. The van der Waals surface area contributed by atoms with Crippen LogP contribution in [-0.4, -0.2) is 114 Å². The maximum atomic E-state index is 13.3. The fraction of sp³-hybridized carbons (Fsp3) is 0.111. The SMILES string of the molecule is O=C(O)c1[nH]n(-c2ccc(S(=O)(=O)O)cc2)c(=O)c1N=Nc1ccc2c(O)c(N=Nc3cc(OCCO)c(N=Nc4ccccc4S(=O)(=O)O)cc3OCCO)c(S(=O)(=O)O)cc2c1S(=O)(=O)O. The first-order chi connectivity index (χ1) is 31.8. The zero-order valence-corrected chi connectivity index (χ0v) is 36.8. The quantitative estimate of drug-likeness (QED) is 0.0416. The average Bonchev–Trinajstić information content (AvgIpc) is 3.60. The van der Waals surface area contributed by atoms with Crippen LogP contribution in [0.4, 0.5) is 34.1 Å². The first-order valence-corrected chi connectivity index (χ1v) is 24.0. The molecule has 0 spiro atoms. The van der Waals surface area contributed by atoms with Crippen LogP contribution in [0.25, 0.3) is 16.5 Å². The van der Waals surface area contributed by atoms with E-state index in [1.165, 1.54) is 18.2 Å². The largest absolute Gasteiger partial charge is 0.505 e. The van der Waals surface area contributed by atoms with Crippen LogP contribution in [0.2, 0.25) is 0 Å². The number of phenolic OH excluding ortho intramolecular Hbond substituents is 1. The highest BCUT2D eigenvalue weighted by atomic mass is 32.2. The van der Waals surface area contributed by atoms with Gasteiger partial charge in [-0.3, -0.25) is 28.1 Å². The minimum Gasteiger partial charge on any atom is -0.505 e. The Kier molecular flexibility index (Phi) is 14.3. The Bertz CT molecular complexity index is 3610. The molecule has 28 nitrogen and oxygen atoms in total. The van der Waals surface area contributed by atoms with Gasteiger partial charge in [0, 0.05) is 22.9 Å². The van der Waals surface area contributed by atoms with Crippen molar-refractivity contribution in [3.8, 4) is 22.9 Å². The lowest BCUT2D eigenvalue weighted by molar-refractivity contribution is 0.0690. The van der Waals surface area contributed by atoms with Gasteiger partial charge in [0.1, 0.15) is 67.8 Å². The van der Waals surface area contributed by atoms with Gasteiger partial charge in [0.25, 0.3) is 46.0 Å². The van der Waals surface area contributed by atoms with Gasteiger partial charge in [-0.05, 0) is 54.6 Å². The molecule has 0 amide bonds. The van der Waals surface area contributed by atoms with E-state index in [2.05, 4.69) is 35.8 Å². The zero-order chi connectivity index (χ0) is 49.9. The number of carbonyl (C=O) groups is 1. The number of rotatable bonds is 18. The Balaban J connectivity index is 1.49. The molecule has 358 valence electrons. The molecule has 0 saturated carbocycles. The van der Waals surface area contributed by atoms with Crippen LogP contribution in [0.1, 0.15) is 10.5 Å². The number of carboxylic acid groups (broad SMARTS) is 1. The van der Waals surface area contributed by atoms with Gasteiger partial charge >= 0.3 is 5.97 Å². The second kappa shape index (κ2) is 19.4. The number of phenols is 1. The molecular weight excluding hydrogens is 993 g/mol. The van der Waals surface area contributed by atoms with E-state index < -0.39 is 143 Å². The molecule has 0 bridgehead atoms. The first kappa shape index (κ1) is 50.0. The fourth-order valence-electron chi connectivity index (χ4n) is 5.95. The Morgan fingerprint density at radius 3 is 1.65 bits per heavy atom. The highest BCUT2D eigenvalue weighted by molar-refractivity contribution is 7.87. The summed E-state index contributed by atoms with van der Waals surface area (Å²) in [7, 11) is -20.6. The van der Waals surface area contributed by atoms with Gasteiger partial charge in [-0.2, -0.15) is 33.7 Å². The molecule has 0 aliphatic rings. The van der Waals surface area contributed by atoms with Crippen molar-refractivity contribution in [1.29, 1.82) is 0 Å². The average molecular weight is 1020 g/mol. The Hall–Kier alpha value is -7.40. The third-order valence-electron chi connectivity index (χ3n) is 8.83. The normalized spacial score (nSPS) is 12.7. The van der Waals surface area contributed by atoms with Crippen molar-refractivity contribution in [2.75, 3.05) is 26.4 Å². The summed E-state index contributed by atoms with van der Waals surface area (Å²) < 4.78 is 149. The topological polar surface area (TPSA) is 446 Å². The number of azo groups is 3. The van der Waals surface area contributed by atoms with Crippen LogP contribution in [-0.2, 0) is 40.5 Å². The molecule has 0 aliphatic carbocycles. The van der Waals surface area contributed by atoms with Gasteiger partial charge in [-0.15, -0.1) is 30.7 Å². The lowest BCUT2D eigenvalue weighted by Gasteiger charge is -2.14. The predicted molar refractivity (Wildman–Crippen MR) is 229 cm³/mol. The molecule has 0 fully saturated rings. The molecule has 0 radical (unpaired) electrons. The van der Waals surface area contributed by atoms with Crippen molar-refractivity contribution in [2.45, 2.75) is 19.6 Å². The van der Waals surface area contributed by atoms with E-state index in [-0.39, 0.29) is 28.6 Å². The monoisotopic (exact) mass is 1020 g/mol. The molecular formula is C36H30N8O20S4. The first-order valence-electron chi connectivity index (χ1n) is 18.3. The lowest BCUT2D eigenvalue weighted by Crippen LogP contribution is -2.14. The number of aromatic amines is 1. The van der Waals surface area contributed by atoms with E-state index in [1.807, 2.05) is 0 Å². The number of aliphatic hydroxyl groups excluding tert-OH is 2. The number of nitrogens with one attached hydrogen (secondary N) is 1. The number of benzene rings is 5. The predicted octanol–water partition coefficient (Wildman–Crippen LogP) is 4.70. The van der Waals surface area contributed by atoms with Crippen LogP contribution in [0.15, 0.2) is 134 Å². The van der Waals surface area contributed by atoms with Gasteiger partial charge in [-0.25, -0.2) is 9.48 Å². The number of hydrogen-bond donors (Lipinski definition) is 9. The summed E-state index contributed by atoms with van der Waals surface area (Å²) in [5.74, 6) is -3.59. The number of hydrogen-bond acceptors (Lipinski definition) is 21. The summed E-state index contributed by atoms with van der Waals surface area (Å²) in [4.78, 5) is 21.6. The smallest absolute Gasteiger partial charge is 0.356 e. The Morgan fingerprint density at radius 1 is 0.588 bits per heavy atom. The van der Waals surface area contributed by atoms with Crippen LogP contribution in [0.3, 0.4) is 0 Å². The number of fused-ring (bicyclic) bond motifs is 1. The van der Waals surface area contributed by atoms with Crippen LogP contribution < -0.4 is 15.0 Å². The maximum absolute atomic E-state index is 13.3. The number of nitrogens with zero attached hydrogens (tertiary/aromatic N) is 7. The van der Waals surface area contributed by atoms with Crippen molar-refractivity contribution < 1.29 is 86.6 Å². The summed E-state index contributed by atoms with van der Waals surface area (Å²) in [6.07, 6.45) is 0. The van der Waals surface area contributed by atoms with Crippen molar-refractivity contribution in [3.63, 3.8) is 0 Å². The van der Waals surface area contributed by atoms with Gasteiger partial charge < -0.3 is 29.9 Å². The molecule has 1 aromatic heterocycles. The number of aromatic carboxylic acids is 1. The number of aromatic nitrogens is 2. The van der Waals surface area contributed by atoms with Gasteiger partial charge in [-0.1, -0.05) is 12.1 Å². The number of aromatic hydroxyl groups is 1. The summed E-state index contributed by atoms with van der Waals surface area (Å²) in [6, 6.07) is 12.9. The van der Waals surface area contributed by atoms with Gasteiger partial charge in [0.2, 0.25) is 0 Å². The van der Waals surface area contributed by atoms with Crippen molar-refractivity contribution >= 4 is 91.3 Å². The third kappa shape index (κ3) is 10.9. The van der Waals surface area contributed by atoms with Crippen LogP contribution >= 0.6 is 0 Å². The molecule has 6 aromatic rings. The summed E-state index contributed by atoms with van der Waals surface area (Å²) in [6.45, 7) is -1.97. The molecule has 0 atom stereocenters. The standard InChI is InChI=1S/C36H30N8O20S4/c45-11-13-63-26-17-25(27(64-14-12-46)16-24(26)39-37-22-3-1-2-4-28(22)66(54,55)56)40-41-30-29(67(57,58)59)15-21-20(33(30)47)9-10-23(34(21)68(60,61)62)38-42-31-32(36(49)50)43-44(35(31)48)18-5-7-19(8-6-18)65(51,52)53/h1-10,15-17,43,45-47H,11-14H2,(H,49,50)(H,51,52,53)(H,54,55,56)(H,57,58,59)(H,60,61,62). The molecule has 1 heterocycles. The summed E-state index contributed by atoms with van der Waals surface area (Å²) in [5.41, 5.74) is -6.26. The van der Waals surface area contributed by atoms with E-state index in [4.69, 9.17) is 9.47 Å². The Morgan fingerprint density at radius 2 is 1.12 bits per heavy atom. The molecule has 32 heteroatoms. The number of ether oxygens (including phenoxy) is 2. The highest BCUT2D eigenvalue weighted by Gasteiger charge is 2.29. The molecule has 0 aliphatic heterocycles. The molecule has 68 heavy (non-hydrogen) atoms. The Labute approximate surface area is 380 Å². The van der Waals surface area contributed by atoms with Crippen molar-refractivity contribution in [2.24, 2.45) is 30.7 Å². The highest BCUT2D eigenvalue weighted by Crippen LogP contribution is 2.47. The molecule has 0 unspecified atom stereocenters. The summed E-state index contributed by atoms with van der Waals surface area (Å²) in [5, 5.41) is 63.5. The fourth-order valence-corrected chi connectivity index (χ4v) is 8.53. The minimum atomic E-state index is -5.57. The minimum absolute atomic E-state index is 0.178. The number of H-pyrrole nitrogens is 1. The molecule has 9 N–H and O–H groups in total. The van der Waals surface area contributed by atoms with E-state index in [0.717, 1.165) is 54.6 Å². The van der Waals surface area contributed by atoms with E-state index in [9.17, 15) is 81.9 Å². The summed E-state index contributed by atoms with van der Waals surface area (Å²) >= 11 is 0.